The van der Waals surface area contributed by atoms with Crippen LogP contribution in [0.15, 0.2) is 0 Å². The van der Waals surface area contributed by atoms with Gasteiger partial charge in [0.1, 0.15) is 30.2 Å². The first-order chi connectivity index (χ1) is 21.9. The number of aliphatic carboxylic acids is 1. The molecule has 0 heterocycles. The van der Waals surface area contributed by atoms with Gasteiger partial charge in [-0.05, 0) is 52.5 Å². The van der Waals surface area contributed by atoms with Crippen molar-refractivity contribution in [2.45, 2.75) is 94.7 Å². The summed E-state index contributed by atoms with van der Waals surface area (Å²) >= 11 is 4.11. The van der Waals surface area contributed by atoms with Crippen LogP contribution in [0.1, 0.15) is 52.4 Å². The van der Waals surface area contributed by atoms with Gasteiger partial charge in [0.25, 0.3) is 0 Å². The Bertz CT molecular complexity index is 1110. The molecular weight excluding hydrogens is 642 g/mol. The van der Waals surface area contributed by atoms with Crippen molar-refractivity contribution in [3.8, 4) is 0 Å². The maximum absolute atomic E-state index is 13.3. The number of carbonyl (C=O) groups excluding carboxylic acids is 6. The second-order valence-corrected chi connectivity index (χ2v) is 11.1. The van der Waals surface area contributed by atoms with Gasteiger partial charge >= 0.3 is 5.97 Å². The number of unbranched alkanes of at least 4 members (excludes halogenated alkanes) is 1. The molecule has 268 valence electrons. The molecule has 0 radical (unpaired) electrons. The van der Waals surface area contributed by atoms with Gasteiger partial charge in [0.2, 0.25) is 35.4 Å². The number of nitrogens with two attached hydrogens (primary N) is 4. The van der Waals surface area contributed by atoms with Crippen LogP contribution >= 0.6 is 12.6 Å². The molecule has 7 atom stereocenters. The third-order valence-corrected chi connectivity index (χ3v) is 6.95. The lowest BCUT2D eigenvalue weighted by atomic mass is 10.0. The van der Waals surface area contributed by atoms with Crippen LogP contribution < -0.4 is 54.8 Å². The maximum Gasteiger partial charge on any atom is 0.305 e. The van der Waals surface area contributed by atoms with E-state index in [0.717, 1.165) is 0 Å². The van der Waals surface area contributed by atoms with Crippen LogP contribution in [0.25, 0.3) is 0 Å². The lowest BCUT2D eigenvalue weighted by molar-refractivity contribution is -0.140. The van der Waals surface area contributed by atoms with Crippen LogP contribution in [-0.4, -0.2) is 119 Å². The van der Waals surface area contributed by atoms with Crippen LogP contribution in [0.3, 0.4) is 0 Å². The zero-order chi connectivity index (χ0) is 36.3. The zero-order valence-electron chi connectivity index (χ0n) is 26.4. The number of amides is 6. The molecule has 0 aliphatic rings. The Labute approximate surface area is 277 Å². The SMILES string of the molecule is C[C@H](NC(=O)[C@H](CS)NC(=O)[C@H](CCCCN)NC(=O)[C@H](CCCNC(=N)N)NC(=O)[C@@H](N)CC(=O)O)C(=O)N[C@H](C(N)=O)[C@@H](C)O. The van der Waals surface area contributed by atoms with Gasteiger partial charge in [-0.3, -0.25) is 39.0 Å². The molecule has 20 nitrogen and oxygen atoms in total. The van der Waals surface area contributed by atoms with Crippen molar-refractivity contribution in [3.63, 3.8) is 0 Å². The molecule has 0 saturated carbocycles. The zero-order valence-corrected chi connectivity index (χ0v) is 27.3. The van der Waals surface area contributed by atoms with Gasteiger partial charge in [-0.25, -0.2) is 0 Å². The van der Waals surface area contributed by atoms with E-state index in [2.05, 4.69) is 44.5 Å². The molecule has 0 aromatic rings. The van der Waals surface area contributed by atoms with Crippen LogP contribution in [0.2, 0.25) is 0 Å². The van der Waals surface area contributed by atoms with E-state index < -0.39 is 90.2 Å². The normalized spacial score (nSPS) is 15.3. The number of hydrogen-bond acceptors (Lipinski definition) is 12. The number of rotatable bonds is 23. The Morgan fingerprint density at radius 3 is 1.74 bits per heavy atom. The highest BCUT2D eigenvalue weighted by Gasteiger charge is 2.32. The molecule has 17 N–H and O–H groups in total. The predicted octanol–water partition coefficient (Wildman–Crippen LogP) is -5.58. The predicted molar refractivity (Wildman–Crippen MR) is 172 cm³/mol. The smallest absolute Gasteiger partial charge is 0.305 e. The number of nitrogens with one attached hydrogen (secondary N) is 7. The highest BCUT2D eigenvalue weighted by atomic mass is 32.1. The first kappa shape index (κ1) is 42.8. The molecule has 0 fully saturated rings. The Morgan fingerprint density at radius 1 is 0.766 bits per heavy atom. The molecule has 0 bridgehead atoms. The van der Waals surface area contributed by atoms with Crippen LogP contribution in [0.5, 0.6) is 0 Å². The minimum atomic E-state index is -1.46. The third kappa shape index (κ3) is 17.3. The van der Waals surface area contributed by atoms with Crippen molar-refractivity contribution in [2.75, 3.05) is 18.8 Å². The molecule has 0 saturated heterocycles. The molecule has 0 aliphatic carbocycles. The summed E-state index contributed by atoms with van der Waals surface area (Å²) in [4.78, 5) is 87.0. The largest absolute Gasteiger partial charge is 0.481 e. The maximum atomic E-state index is 13.3. The van der Waals surface area contributed by atoms with Gasteiger partial charge in [0.15, 0.2) is 5.96 Å². The molecule has 0 aliphatic heterocycles. The number of carboxylic acids is 1. The summed E-state index contributed by atoms with van der Waals surface area (Å²) in [6.45, 7) is 2.99. The van der Waals surface area contributed by atoms with E-state index in [9.17, 15) is 38.7 Å². The molecule has 21 heteroatoms. The van der Waals surface area contributed by atoms with E-state index in [1.54, 1.807) is 0 Å². The Hall–Kier alpha value is -4.21. The molecule has 47 heavy (non-hydrogen) atoms. The van der Waals surface area contributed by atoms with Crippen molar-refractivity contribution < 1.29 is 43.8 Å². The van der Waals surface area contributed by atoms with Gasteiger partial charge in [-0.1, -0.05) is 0 Å². The molecule has 0 aromatic carbocycles. The van der Waals surface area contributed by atoms with Gasteiger partial charge in [0, 0.05) is 12.3 Å². The number of carbonyl (C=O) groups is 7. The highest BCUT2D eigenvalue weighted by Crippen LogP contribution is 2.06. The molecule has 0 unspecified atom stereocenters. The number of aliphatic hydroxyl groups is 1. The number of carboxylic acid groups (broad SMARTS) is 1. The standard InChI is InChI=1S/C26H49N11O9S/c1-12(21(42)37-19(13(2)38)20(29)41)33-25(46)17(11-47)36-24(45)15(6-3-4-8-27)35-23(44)16(7-5-9-32-26(30)31)34-22(43)14(28)10-18(39)40/h12-17,19,38,47H,3-11,27-28H2,1-2H3,(H2,29,41)(H,33,46)(H,34,43)(H,35,44)(H,36,45)(H,37,42)(H,39,40)(H4,30,31,32)/t12-,13+,14-,15-,16-,17-,19-/m0/s1. The third-order valence-electron chi connectivity index (χ3n) is 6.58. The first-order valence-corrected chi connectivity index (χ1v) is 15.4. The summed E-state index contributed by atoms with van der Waals surface area (Å²) in [5, 5.41) is 40.4. The summed E-state index contributed by atoms with van der Waals surface area (Å²) in [7, 11) is 0. The van der Waals surface area contributed by atoms with E-state index in [-0.39, 0.29) is 37.5 Å². The van der Waals surface area contributed by atoms with Gasteiger partial charge < -0.3 is 65.0 Å². The number of aliphatic hydroxyl groups excluding tert-OH is 1. The fourth-order valence-electron chi connectivity index (χ4n) is 3.95. The second-order valence-electron chi connectivity index (χ2n) is 10.7. The van der Waals surface area contributed by atoms with Crippen LogP contribution in [-0.2, 0) is 33.6 Å². The number of guanidine groups is 1. The van der Waals surface area contributed by atoms with Crippen molar-refractivity contribution in [1.29, 1.82) is 5.41 Å². The Balaban J connectivity index is 5.77. The average molecular weight is 692 g/mol. The van der Waals surface area contributed by atoms with Crippen LogP contribution in [0.4, 0.5) is 0 Å². The van der Waals surface area contributed by atoms with Crippen molar-refractivity contribution in [3.05, 3.63) is 0 Å². The minimum Gasteiger partial charge on any atom is -0.481 e. The second kappa shape index (κ2) is 22.3. The summed E-state index contributed by atoms with van der Waals surface area (Å²) < 4.78 is 0. The Kier molecular flexibility index (Phi) is 20.3. The van der Waals surface area contributed by atoms with E-state index >= 15 is 0 Å². The number of thiol groups is 1. The van der Waals surface area contributed by atoms with Gasteiger partial charge in [0.05, 0.1) is 18.6 Å². The lowest BCUT2D eigenvalue weighted by Gasteiger charge is -2.26. The topological polar surface area (TPSA) is 360 Å². The molecular formula is C26H49N11O9S. The summed E-state index contributed by atoms with van der Waals surface area (Å²) in [5.41, 5.74) is 21.6. The molecule has 0 aromatic heterocycles. The van der Waals surface area contributed by atoms with Gasteiger partial charge in [-0.15, -0.1) is 0 Å². The fraction of sp³-hybridized carbons (Fsp3) is 0.692. The number of hydrogen-bond donors (Lipinski definition) is 14. The highest BCUT2D eigenvalue weighted by molar-refractivity contribution is 7.80. The van der Waals surface area contributed by atoms with E-state index in [1.165, 1.54) is 13.8 Å². The van der Waals surface area contributed by atoms with Crippen LogP contribution in [0, 0.1) is 5.41 Å². The summed E-state index contributed by atoms with van der Waals surface area (Å²) in [6.07, 6.45) is -0.839. The number of primary amides is 1. The summed E-state index contributed by atoms with van der Waals surface area (Å²) in [5.74, 6) is -7.06. The molecule has 0 rings (SSSR count). The quantitative estimate of drug-likeness (QED) is 0.0206. The average Bonchev–Trinajstić information content (AvgIpc) is 2.98. The van der Waals surface area contributed by atoms with Gasteiger partial charge in [-0.2, -0.15) is 12.6 Å². The van der Waals surface area contributed by atoms with E-state index in [1.807, 2.05) is 0 Å². The monoisotopic (exact) mass is 691 g/mol. The molecule has 6 amide bonds. The van der Waals surface area contributed by atoms with Crippen molar-refractivity contribution in [2.24, 2.45) is 22.9 Å². The lowest BCUT2D eigenvalue weighted by Crippen LogP contribution is -2.60. The van der Waals surface area contributed by atoms with E-state index in [4.69, 9.17) is 33.5 Å². The van der Waals surface area contributed by atoms with Crippen molar-refractivity contribution >= 4 is 60.0 Å². The van der Waals surface area contributed by atoms with E-state index in [0.29, 0.717) is 19.4 Å². The van der Waals surface area contributed by atoms with Crippen molar-refractivity contribution in [1.82, 2.24) is 31.9 Å². The minimum absolute atomic E-state index is 0.0118. The molecule has 0 spiro atoms. The summed E-state index contributed by atoms with van der Waals surface area (Å²) in [6, 6.07) is -7.88. The fourth-order valence-corrected chi connectivity index (χ4v) is 4.20. The Morgan fingerprint density at radius 2 is 1.28 bits per heavy atom. The first-order valence-electron chi connectivity index (χ1n) is 14.8.